The van der Waals surface area contributed by atoms with Crippen LogP contribution in [0, 0.1) is 0 Å². The van der Waals surface area contributed by atoms with Gasteiger partial charge in [-0.2, -0.15) is 0 Å². The number of carbonyl (C=O) groups is 1. The zero-order valence-corrected chi connectivity index (χ0v) is 15.6. The van der Waals surface area contributed by atoms with Gasteiger partial charge in [-0.15, -0.1) is 0 Å². The average Bonchev–Trinajstić information content (AvgIpc) is 3.10. The van der Waals surface area contributed by atoms with Crippen LogP contribution in [0.3, 0.4) is 0 Å². The normalized spacial score (nSPS) is 14.6. The zero-order valence-electron chi connectivity index (χ0n) is 15.6. The lowest BCUT2D eigenvalue weighted by Crippen LogP contribution is -2.36. The Morgan fingerprint density at radius 3 is 2.21 bits per heavy atom. The van der Waals surface area contributed by atoms with Crippen LogP contribution in [0.4, 0.5) is 4.79 Å². The molecule has 1 amide bonds. The summed E-state index contributed by atoms with van der Waals surface area (Å²) in [5.41, 5.74) is 4.93. The van der Waals surface area contributed by atoms with E-state index in [2.05, 4.69) is 27.4 Å². The Balaban J connectivity index is 1.34. The number of nitrogens with zero attached hydrogens (tertiary/aromatic N) is 2. The molecule has 1 aliphatic rings. The van der Waals surface area contributed by atoms with Gasteiger partial charge in [0.05, 0.1) is 0 Å². The Hall–Kier alpha value is -3.29. The smallest absolute Gasteiger partial charge is 0.407 e. The lowest BCUT2D eigenvalue weighted by Gasteiger charge is -2.19. The fourth-order valence-electron chi connectivity index (χ4n) is 3.63. The minimum absolute atomic E-state index is 0.0369. The molecule has 148 valence electrons. The number of benzene rings is 2. The minimum atomic E-state index is -1.21. The van der Waals surface area contributed by atoms with Gasteiger partial charge in [0.15, 0.2) is 0 Å². The molecule has 0 saturated heterocycles. The molecule has 7 heteroatoms. The lowest BCUT2D eigenvalue weighted by molar-refractivity contribution is 0.0181. The summed E-state index contributed by atoms with van der Waals surface area (Å²) in [6.07, 6.45) is 1.09. The number of aromatic nitrogens is 2. The molecular formula is C22H21N3O4. The van der Waals surface area contributed by atoms with Crippen molar-refractivity contribution in [3.05, 3.63) is 83.9 Å². The van der Waals surface area contributed by atoms with E-state index in [4.69, 9.17) is 4.74 Å². The number of amides is 1. The number of aliphatic hydroxyl groups is 2. The Kier molecular flexibility index (Phi) is 5.50. The van der Waals surface area contributed by atoms with Crippen molar-refractivity contribution >= 4 is 6.09 Å². The fourth-order valence-corrected chi connectivity index (χ4v) is 3.63. The second-order valence-corrected chi connectivity index (χ2v) is 6.89. The molecule has 3 aromatic rings. The number of fused-ring (bicyclic) bond motifs is 3. The van der Waals surface area contributed by atoms with Crippen LogP contribution in [-0.4, -0.2) is 45.5 Å². The van der Waals surface area contributed by atoms with Crippen molar-refractivity contribution in [1.82, 2.24) is 15.3 Å². The van der Waals surface area contributed by atoms with Crippen LogP contribution in [0.15, 0.2) is 67.3 Å². The van der Waals surface area contributed by atoms with Gasteiger partial charge in [0.1, 0.15) is 25.1 Å². The topological polar surface area (TPSA) is 105 Å². The van der Waals surface area contributed by atoms with E-state index in [1.807, 2.05) is 36.4 Å². The molecule has 0 bridgehead atoms. The number of aliphatic hydroxyl groups excluding tert-OH is 2. The van der Waals surface area contributed by atoms with Crippen molar-refractivity contribution in [3.8, 4) is 11.1 Å². The summed E-state index contributed by atoms with van der Waals surface area (Å²) in [6.45, 7) is 0.0256. The van der Waals surface area contributed by atoms with Crippen molar-refractivity contribution in [2.45, 2.75) is 18.1 Å². The quantitative estimate of drug-likeness (QED) is 0.596. The molecule has 0 radical (unpaired) electrons. The molecule has 2 atom stereocenters. The highest BCUT2D eigenvalue weighted by Gasteiger charge is 2.29. The van der Waals surface area contributed by atoms with Gasteiger partial charge >= 0.3 is 6.09 Å². The van der Waals surface area contributed by atoms with Crippen LogP contribution < -0.4 is 5.32 Å². The Morgan fingerprint density at radius 2 is 1.59 bits per heavy atom. The number of ether oxygens (including phenoxy) is 1. The van der Waals surface area contributed by atoms with Crippen molar-refractivity contribution in [2.75, 3.05) is 13.2 Å². The van der Waals surface area contributed by atoms with Gasteiger partial charge < -0.3 is 20.3 Å². The molecule has 7 nitrogen and oxygen atoms in total. The van der Waals surface area contributed by atoms with Crippen LogP contribution >= 0.6 is 0 Å². The summed E-state index contributed by atoms with van der Waals surface area (Å²) >= 11 is 0. The van der Waals surface area contributed by atoms with Crippen LogP contribution in [0.2, 0.25) is 0 Å². The Morgan fingerprint density at radius 1 is 1.00 bits per heavy atom. The maximum atomic E-state index is 12.1. The molecule has 1 aliphatic carbocycles. The predicted molar refractivity (Wildman–Crippen MR) is 106 cm³/mol. The van der Waals surface area contributed by atoms with E-state index in [1.54, 1.807) is 0 Å². The third kappa shape index (κ3) is 3.96. The summed E-state index contributed by atoms with van der Waals surface area (Å²) in [7, 11) is 0. The predicted octanol–water partition coefficient (Wildman–Crippen LogP) is 2.41. The fraction of sp³-hybridized carbons (Fsp3) is 0.227. The molecule has 3 N–H and O–H groups in total. The zero-order chi connectivity index (χ0) is 20.2. The average molecular weight is 391 g/mol. The third-order valence-corrected chi connectivity index (χ3v) is 5.09. The highest BCUT2D eigenvalue weighted by atomic mass is 16.5. The van der Waals surface area contributed by atoms with E-state index in [1.165, 1.54) is 18.7 Å². The number of carbonyl (C=O) groups excluding carboxylic acids is 1. The van der Waals surface area contributed by atoms with E-state index in [0.717, 1.165) is 22.3 Å². The summed E-state index contributed by atoms with van der Waals surface area (Å²) in [6, 6.07) is 16.2. The second kappa shape index (κ2) is 8.38. The molecule has 0 spiro atoms. The molecule has 4 rings (SSSR count). The molecule has 1 aromatic heterocycles. The first kappa shape index (κ1) is 19.0. The van der Waals surface area contributed by atoms with Crippen LogP contribution in [0.5, 0.6) is 0 Å². The minimum Gasteiger partial charge on any atom is -0.449 e. The SMILES string of the molecule is O=C(NCC(O)C(O)c1cncnc1)OCC1c2ccccc2-c2ccccc21. The van der Waals surface area contributed by atoms with E-state index < -0.39 is 18.3 Å². The molecule has 2 aromatic carbocycles. The molecule has 29 heavy (non-hydrogen) atoms. The number of nitrogens with one attached hydrogen (secondary N) is 1. The number of hydrogen-bond donors (Lipinski definition) is 3. The van der Waals surface area contributed by atoms with Crippen molar-refractivity contribution in [3.63, 3.8) is 0 Å². The highest BCUT2D eigenvalue weighted by molar-refractivity contribution is 5.79. The second-order valence-electron chi connectivity index (χ2n) is 6.89. The van der Waals surface area contributed by atoms with Gasteiger partial charge in [-0.05, 0) is 22.3 Å². The van der Waals surface area contributed by atoms with Gasteiger partial charge in [-0.25, -0.2) is 14.8 Å². The van der Waals surface area contributed by atoms with Gasteiger partial charge in [0.25, 0.3) is 0 Å². The maximum Gasteiger partial charge on any atom is 0.407 e. The molecule has 1 heterocycles. The van der Waals surface area contributed by atoms with Gasteiger partial charge in [0.2, 0.25) is 0 Å². The van der Waals surface area contributed by atoms with Gasteiger partial charge in [0, 0.05) is 30.4 Å². The van der Waals surface area contributed by atoms with E-state index in [-0.39, 0.29) is 19.1 Å². The Labute approximate surface area is 168 Å². The van der Waals surface area contributed by atoms with Crippen LogP contribution in [-0.2, 0) is 4.74 Å². The van der Waals surface area contributed by atoms with Gasteiger partial charge in [-0.3, -0.25) is 0 Å². The van der Waals surface area contributed by atoms with Crippen molar-refractivity contribution in [1.29, 1.82) is 0 Å². The highest BCUT2D eigenvalue weighted by Crippen LogP contribution is 2.44. The van der Waals surface area contributed by atoms with Gasteiger partial charge in [-0.1, -0.05) is 48.5 Å². The van der Waals surface area contributed by atoms with E-state index in [0.29, 0.717) is 5.56 Å². The maximum absolute atomic E-state index is 12.1. The van der Waals surface area contributed by atoms with Crippen LogP contribution in [0.1, 0.15) is 28.7 Å². The van der Waals surface area contributed by atoms with Crippen LogP contribution in [0.25, 0.3) is 11.1 Å². The molecule has 0 fully saturated rings. The molecule has 2 unspecified atom stereocenters. The standard InChI is InChI=1S/C22H21N3O4/c26-20(21(27)14-9-23-13-24-10-14)11-25-22(28)29-12-19-17-7-3-1-5-15(17)16-6-2-4-8-18(16)19/h1-10,13,19-21,26-27H,11-12H2,(H,25,28). The van der Waals surface area contributed by atoms with E-state index >= 15 is 0 Å². The summed E-state index contributed by atoms with van der Waals surface area (Å²) < 4.78 is 5.41. The van der Waals surface area contributed by atoms with Crippen molar-refractivity contribution in [2.24, 2.45) is 0 Å². The first-order valence-electron chi connectivity index (χ1n) is 9.35. The lowest BCUT2D eigenvalue weighted by atomic mass is 9.98. The molecule has 0 aliphatic heterocycles. The largest absolute Gasteiger partial charge is 0.449 e. The number of hydrogen-bond acceptors (Lipinski definition) is 6. The number of alkyl carbamates (subject to hydrolysis) is 1. The number of rotatable bonds is 6. The molecule has 0 saturated carbocycles. The van der Waals surface area contributed by atoms with E-state index in [9.17, 15) is 15.0 Å². The Bertz CT molecular complexity index is 951. The first-order chi connectivity index (χ1) is 14.1. The van der Waals surface area contributed by atoms with Crippen molar-refractivity contribution < 1.29 is 19.7 Å². The summed E-state index contributed by atoms with van der Waals surface area (Å²) in [4.78, 5) is 19.7. The monoisotopic (exact) mass is 391 g/mol. The molecular weight excluding hydrogens is 370 g/mol. The third-order valence-electron chi connectivity index (χ3n) is 5.09. The summed E-state index contributed by atoms with van der Waals surface area (Å²) in [5, 5.41) is 22.7. The summed E-state index contributed by atoms with van der Waals surface area (Å²) in [5.74, 6) is -0.0369. The first-order valence-corrected chi connectivity index (χ1v) is 9.35.